The van der Waals surface area contributed by atoms with E-state index in [4.69, 9.17) is 14.2 Å². The Hall–Kier alpha value is -2.45. The van der Waals surface area contributed by atoms with Crippen LogP contribution in [0, 0.1) is 0 Å². The van der Waals surface area contributed by atoms with Gasteiger partial charge in [0.1, 0.15) is 6.61 Å². The quantitative estimate of drug-likeness (QED) is 0.0303. The summed E-state index contributed by atoms with van der Waals surface area (Å²) in [4.78, 5) is 36.8. The van der Waals surface area contributed by atoms with Crippen LogP contribution in [0.25, 0.3) is 0 Å². The van der Waals surface area contributed by atoms with Crippen molar-refractivity contribution < 1.29 is 38.2 Å². The zero-order valence-corrected chi connectivity index (χ0v) is 32.8. The number of carbonyl (C=O) groups is 3. The maximum atomic E-state index is 12.7. The summed E-state index contributed by atoms with van der Waals surface area (Å²) in [5.74, 6) is -1.50. The topological polar surface area (TPSA) is 99.1 Å². The number of hydrogen-bond acceptors (Lipinski definition) is 6. The highest BCUT2D eigenvalue weighted by Crippen LogP contribution is 2.14. The summed E-state index contributed by atoms with van der Waals surface area (Å²) in [6, 6.07) is -0.616. The van der Waals surface area contributed by atoms with Crippen molar-refractivity contribution in [3.63, 3.8) is 0 Å². The molecule has 0 aliphatic carbocycles. The molecule has 290 valence electrons. The van der Waals surface area contributed by atoms with Crippen LogP contribution in [0.3, 0.4) is 0 Å². The molecule has 0 radical (unpaired) electrons. The van der Waals surface area contributed by atoms with Gasteiger partial charge in [-0.3, -0.25) is 9.59 Å². The van der Waals surface area contributed by atoms with E-state index in [9.17, 15) is 19.5 Å². The minimum Gasteiger partial charge on any atom is -0.477 e. The number of quaternary nitrogens is 1. The molecular weight excluding hydrogens is 630 g/mol. The van der Waals surface area contributed by atoms with Gasteiger partial charge in [0.2, 0.25) is 0 Å². The van der Waals surface area contributed by atoms with Crippen LogP contribution in [0.1, 0.15) is 162 Å². The van der Waals surface area contributed by atoms with E-state index in [1.54, 1.807) is 0 Å². The van der Waals surface area contributed by atoms with E-state index in [0.29, 0.717) is 19.3 Å². The van der Waals surface area contributed by atoms with E-state index in [2.05, 4.69) is 50.3 Å². The lowest BCUT2D eigenvalue weighted by atomic mass is 10.0. The average Bonchev–Trinajstić information content (AvgIpc) is 3.06. The largest absolute Gasteiger partial charge is 0.477 e. The molecule has 8 heteroatoms. The summed E-state index contributed by atoms with van der Waals surface area (Å²) in [7, 11) is 5.51. The zero-order chi connectivity index (χ0) is 37.1. The maximum absolute atomic E-state index is 12.7. The Balaban J connectivity index is 4.44. The van der Waals surface area contributed by atoms with Crippen molar-refractivity contribution in [2.45, 2.75) is 174 Å². The molecule has 0 aliphatic rings. The van der Waals surface area contributed by atoms with Crippen LogP contribution in [0.4, 0.5) is 0 Å². The highest BCUT2D eigenvalue weighted by molar-refractivity contribution is 5.72. The summed E-state index contributed by atoms with van der Waals surface area (Å²) in [5, 5.41) is 9.59. The number of nitrogens with zero attached hydrogens (tertiary/aromatic N) is 1. The predicted octanol–water partition coefficient (Wildman–Crippen LogP) is 10.3. The molecular formula is C42H76NO7+. The Morgan fingerprint density at radius 2 is 1.12 bits per heavy atom. The van der Waals surface area contributed by atoms with Crippen LogP contribution in [0.5, 0.6) is 0 Å². The van der Waals surface area contributed by atoms with E-state index in [1.807, 2.05) is 21.1 Å². The Morgan fingerprint density at radius 3 is 1.66 bits per heavy atom. The number of esters is 2. The van der Waals surface area contributed by atoms with E-state index < -0.39 is 18.1 Å². The van der Waals surface area contributed by atoms with Gasteiger partial charge < -0.3 is 23.8 Å². The minimum atomic E-state index is -0.880. The second kappa shape index (κ2) is 33.7. The molecule has 0 rings (SSSR count). The Morgan fingerprint density at radius 1 is 0.620 bits per heavy atom. The predicted molar refractivity (Wildman–Crippen MR) is 206 cm³/mol. The lowest BCUT2D eigenvalue weighted by Gasteiger charge is -2.31. The van der Waals surface area contributed by atoms with Gasteiger partial charge in [-0.1, -0.05) is 134 Å². The number of carboxylic acids is 1. The molecule has 0 bridgehead atoms. The smallest absolute Gasteiger partial charge is 0.362 e. The number of allylic oxidation sites excluding steroid dienone is 6. The normalized spacial score (nSPS) is 13.4. The molecule has 0 amide bonds. The summed E-state index contributed by atoms with van der Waals surface area (Å²) < 4.78 is 17.2. The maximum Gasteiger partial charge on any atom is 0.362 e. The SMILES string of the molecule is CC/C=C/C/C=C/C/C=C/CCCCCCC(=O)OC(COCCC(C(=O)O)[N+](C)(C)C)COC(=O)CCCCCCCCCCCCCC. The first-order chi connectivity index (χ1) is 24.1. The van der Waals surface area contributed by atoms with E-state index in [0.717, 1.165) is 70.6 Å². The minimum absolute atomic E-state index is 0.0536. The first-order valence-electron chi connectivity index (χ1n) is 20.0. The molecule has 2 atom stereocenters. The lowest BCUT2D eigenvalue weighted by Crippen LogP contribution is -2.50. The van der Waals surface area contributed by atoms with Crippen LogP contribution in [0.2, 0.25) is 0 Å². The number of ether oxygens (including phenoxy) is 3. The second-order valence-electron chi connectivity index (χ2n) is 14.5. The van der Waals surface area contributed by atoms with Crippen LogP contribution in [0.15, 0.2) is 36.5 Å². The molecule has 0 aromatic heterocycles. The molecule has 0 aliphatic heterocycles. The summed E-state index contributed by atoms with van der Waals surface area (Å²) in [6.07, 6.45) is 36.1. The van der Waals surface area contributed by atoms with E-state index in [1.165, 1.54) is 57.8 Å². The van der Waals surface area contributed by atoms with Crippen molar-refractivity contribution in [1.29, 1.82) is 0 Å². The van der Waals surface area contributed by atoms with Crippen molar-refractivity contribution in [2.24, 2.45) is 0 Å². The van der Waals surface area contributed by atoms with Crippen LogP contribution in [-0.2, 0) is 28.6 Å². The van der Waals surface area contributed by atoms with Crippen LogP contribution >= 0.6 is 0 Å². The molecule has 0 aromatic carbocycles. The van der Waals surface area contributed by atoms with Crippen molar-refractivity contribution in [2.75, 3.05) is 41.0 Å². The number of carboxylic acid groups (broad SMARTS) is 1. The lowest BCUT2D eigenvalue weighted by molar-refractivity contribution is -0.887. The molecule has 0 heterocycles. The third kappa shape index (κ3) is 31.5. The van der Waals surface area contributed by atoms with Gasteiger partial charge in [0.15, 0.2) is 12.1 Å². The van der Waals surface area contributed by atoms with Crippen LogP contribution < -0.4 is 0 Å². The fraction of sp³-hybridized carbons (Fsp3) is 0.786. The first kappa shape index (κ1) is 47.5. The monoisotopic (exact) mass is 707 g/mol. The molecule has 0 saturated carbocycles. The Labute approximate surface area is 306 Å². The highest BCUT2D eigenvalue weighted by Gasteiger charge is 2.31. The van der Waals surface area contributed by atoms with Gasteiger partial charge >= 0.3 is 17.9 Å². The van der Waals surface area contributed by atoms with Crippen molar-refractivity contribution in [1.82, 2.24) is 0 Å². The number of aliphatic carboxylic acids is 1. The van der Waals surface area contributed by atoms with Crippen molar-refractivity contribution in [3.8, 4) is 0 Å². The summed E-state index contributed by atoms with van der Waals surface area (Å²) >= 11 is 0. The molecule has 0 aromatic rings. The number of likely N-dealkylation sites (N-methyl/N-ethyl adjacent to an activating group) is 1. The number of carbonyl (C=O) groups excluding carboxylic acids is 2. The van der Waals surface area contributed by atoms with Gasteiger partial charge in [-0.25, -0.2) is 4.79 Å². The Kier molecular flexibility index (Phi) is 32.0. The van der Waals surface area contributed by atoms with Crippen LogP contribution in [-0.4, -0.2) is 80.6 Å². The third-order valence-corrected chi connectivity index (χ3v) is 8.80. The molecule has 50 heavy (non-hydrogen) atoms. The summed E-state index contributed by atoms with van der Waals surface area (Å²) in [6.45, 7) is 4.59. The van der Waals surface area contributed by atoms with Gasteiger partial charge in [-0.05, 0) is 44.9 Å². The highest BCUT2D eigenvalue weighted by atomic mass is 16.6. The molecule has 8 nitrogen and oxygen atoms in total. The summed E-state index contributed by atoms with van der Waals surface area (Å²) in [5.41, 5.74) is 0. The molecule has 0 fully saturated rings. The number of rotatable bonds is 35. The van der Waals surface area contributed by atoms with Gasteiger partial charge in [0.05, 0.1) is 34.4 Å². The number of hydrogen-bond donors (Lipinski definition) is 1. The molecule has 1 N–H and O–H groups in total. The van der Waals surface area contributed by atoms with Crippen molar-refractivity contribution in [3.05, 3.63) is 36.5 Å². The average molecular weight is 707 g/mol. The fourth-order valence-electron chi connectivity index (χ4n) is 5.69. The van der Waals surface area contributed by atoms with Gasteiger partial charge in [0, 0.05) is 19.3 Å². The standard InChI is InChI=1S/C42H75NO7/c1-6-8-10-12-14-16-18-20-21-23-25-27-29-31-33-41(45)50-38(36-48-35-34-39(42(46)47)43(3,4)5)37-49-40(44)32-30-28-26-24-22-19-17-15-13-11-9-7-2/h8,10,14,16,20-21,38-39H,6-7,9,11-13,15,17-19,22-37H2,1-5H3/p+1/b10-8+,16-14+,21-20+. The third-order valence-electron chi connectivity index (χ3n) is 8.80. The number of unbranched alkanes of at least 4 members (excludes halogenated alkanes) is 15. The molecule has 0 saturated heterocycles. The Bertz CT molecular complexity index is 922. The zero-order valence-electron chi connectivity index (χ0n) is 32.8. The van der Waals surface area contributed by atoms with E-state index in [-0.39, 0.29) is 36.2 Å². The fourth-order valence-corrected chi connectivity index (χ4v) is 5.69. The van der Waals surface area contributed by atoms with Crippen molar-refractivity contribution >= 4 is 17.9 Å². The second-order valence-corrected chi connectivity index (χ2v) is 14.5. The van der Waals surface area contributed by atoms with Gasteiger partial charge in [-0.2, -0.15) is 0 Å². The first-order valence-corrected chi connectivity index (χ1v) is 20.0. The van der Waals surface area contributed by atoms with E-state index >= 15 is 0 Å². The van der Waals surface area contributed by atoms with Gasteiger partial charge in [0.25, 0.3) is 0 Å². The molecule has 2 unspecified atom stereocenters. The van der Waals surface area contributed by atoms with Gasteiger partial charge in [-0.15, -0.1) is 0 Å². The molecule has 0 spiro atoms.